The van der Waals surface area contributed by atoms with Gasteiger partial charge in [-0.2, -0.15) is 0 Å². The van der Waals surface area contributed by atoms with E-state index in [0.29, 0.717) is 6.42 Å². The van der Waals surface area contributed by atoms with Crippen molar-refractivity contribution in [2.45, 2.75) is 39.7 Å². The molecule has 2 rings (SSSR count). The normalized spacial score (nSPS) is 22.4. The number of aliphatic carboxylic acids is 1. The van der Waals surface area contributed by atoms with Crippen molar-refractivity contribution < 1.29 is 14.7 Å². The van der Waals surface area contributed by atoms with Gasteiger partial charge in [0.1, 0.15) is 0 Å². The second-order valence-corrected chi connectivity index (χ2v) is 7.02. The van der Waals surface area contributed by atoms with Gasteiger partial charge in [-0.15, -0.1) is 0 Å². The van der Waals surface area contributed by atoms with Gasteiger partial charge in [0, 0.05) is 0 Å². The number of benzene rings is 1. The number of nitrogens with one attached hydrogen (secondary N) is 1. The van der Waals surface area contributed by atoms with Gasteiger partial charge in [0.25, 0.3) is 0 Å². The predicted octanol–water partition coefficient (Wildman–Crippen LogP) is 3.00. The van der Waals surface area contributed by atoms with E-state index < -0.39 is 11.9 Å². The maximum absolute atomic E-state index is 12.2. The summed E-state index contributed by atoms with van der Waals surface area (Å²) in [6.07, 6.45) is 1.27. The molecule has 0 saturated heterocycles. The third-order valence-electron chi connectivity index (χ3n) is 3.78. The third kappa shape index (κ3) is 4.31. The molecule has 1 aliphatic rings. The predicted molar refractivity (Wildman–Crippen MR) is 80.6 cm³/mol. The van der Waals surface area contributed by atoms with Gasteiger partial charge in [-0.3, -0.25) is 9.59 Å². The van der Waals surface area contributed by atoms with Crippen LogP contribution in [-0.4, -0.2) is 17.0 Å². The fourth-order valence-electron chi connectivity index (χ4n) is 2.59. The van der Waals surface area contributed by atoms with Gasteiger partial charge in [0.05, 0.1) is 17.9 Å². The van der Waals surface area contributed by atoms with Crippen molar-refractivity contribution in [3.05, 3.63) is 35.9 Å². The summed E-state index contributed by atoms with van der Waals surface area (Å²) >= 11 is 0. The molecule has 1 fully saturated rings. The molecule has 0 radical (unpaired) electrons. The smallest absolute Gasteiger partial charge is 0.307 e. The highest BCUT2D eigenvalue weighted by Crippen LogP contribution is 2.40. The summed E-state index contributed by atoms with van der Waals surface area (Å²) in [5.41, 5.74) is 1.14. The lowest BCUT2D eigenvalue weighted by atomic mass is 9.85. The first-order valence-electron chi connectivity index (χ1n) is 7.36. The second-order valence-electron chi connectivity index (χ2n) is 7.02. The minimum Gasteiger partial charge on any atom is -0.481 e. The van der Waals surface area contributed by atoms with Crippen molar-refractivity contribution >= 4 is 11.9 Å². The highest BCUT2D eigenvalue weighted by atomic mass is 16.4. The van der Waals surface area contributed by atoms with Crippen LogP contribution in [0.25, 0.3) is 0 Å². The molecule has 3 atom stereocenters. The Morgan fingerprint density at radius 3 is 2.33 bits per heavy atom. The molecule has 1 amide bonds. The number of carbonyl (C=O) groups is 2. The van der Waals surface area contributed by atoms with Crippen molar-refractivity contribution in [2.75, 3.05) is 0 Å². The van der Waals surface area contributed by atoms with Crippen molar-refractivity contribution in [2.24, 2.45) is 17.3 Å². The van der Waals surface area contributed by atoms with Gasteiger partial charge < -0.3 is 10.4 Å². The molecule has 4 heteroatoms. The summed E-state index contributed by atoms with van der Waals surface area (Å²) in [6, 6.07) is 9.77. The van der Waals surface area contributed by atoms with Crippen LogP contribution in [-0.2, 0) is 9.59 Å². The zero-order chi connectivity index (χ0) is 15.6. The summed E-state index contributed by atoms with van der Waals surface area (Å²) < 4.78 is 0. The zero-order valence-corrected chi connectivity index (χ0v) is 12.8. The quantitative estimate of drug-likeness (QED) is 0.875. The van der Waals surface area contributed by atoms with E-state index >= 15 is 0 Å². The van der Waals surface area contributed by atoms with Crippen LogP contribution in [0.15, 0.2) is 30.3 Å². The first-order valence-corrected chi connectivity index (χ1v) is 7.36. The molecule has 4 nitrogen and oxygen atoms in total. The number of hydrogen-bond acceptors (Lipinski definition) is 2. The average molecular weight is 289 g/mol. The number of amides is 1. The lowest BCUT2D eigenvalue weighted by Gasteiger charge is -2.27. The van der Waals surface area contributed by atoms with E-state index in [2.05, 4.69) is 26.1 Å². The van der Waals surface area contributed by atoms with Crippen LogP contribution in [0.3, 0.4) is 0 Å². The van der Waals surface area contributed by atoms with Crippen molar-refractivity contribution in [3.8, 4) is 0 Å². The largest absolute Gasteiger partial charge is 0.481 e. The number of carboxylic acid groups (broad SMARTS) is 1. The van der Waals surface area contributed by atoms with Gasteiger partial charge in [0.15, 0.2) is 0 Å². The van der Waals surface area contributed by atoms with E-state index in [0.717, 1.165) is 12.0 Å². The molecule has 0 spiro atoms. The molecular weight excluding hydrogens is 266 g/mol. The first kappa shape index (κ1) is 15.5. The summed E-state index contributed by atoms with van der Waals surface area (Å²) in [7, 11) is 0. The minimum atomic E-state index is -0.873. The Balaban J connectivity index is 2.07. The number of carbonyl (C=O) groups excluding carboxylic acids is 1. The molecule has 1 aromatic rings. The lowest BCUT2D eigenvalue weighted by Crippen LogP contribution is -2.33. The average Bonchev–Trinajstić information content (AvgIpc) is 3.17. The Morgan fingerprint density at radius 2 is 1.86 bits per heavy atom. The monoisotopic (exact) mass is 289 g/mol. The van der Waals surface area contributed by atoms with Gasteiger partial charge in [0.2, 0.25) is 5.91 Å². The fraction of sp³-hybridized carbons (Fsp3) is 0.529. The number of hydrogen-bond donors (Lipinski definition) is 2. The molecule has 1 aromatic carbocycles. The van der Waals surface area contributed by atoms with Crippen LogP contribution in [0, 0.1) is 17.3 Å². The highest BCUT2D eigenvalue weighted by molar-refractivity contribution is 5.89. The van der Waals surface area contributed by atoms with Crippen LogP contribution in [0.4, 0.5) is 0 Å². The van der Waals surface area contributed by atoms with Crippen LogP contribution in [0.1, 0.15) is 45.2 Å². The van der Waals surface area contributed by atoms with Crippen LogP contribution in [0.5, 0.6) is 0 Å². The van der Waals surface area contributed by atoms with E-state index in [9.17, 15) is 9.59 Å². The molecule has 1 saturated carbocycles. The molecule has 0 bridgehead atoms. The Labute approximate surface area is 125 Å². The molecule has 0 aliphatic heterocycles. The maximum Gasteiger partial charge on any atom is 0.307 e. The minimum absolute atomic E-state index is 0.0730. The van der Waals surface area contributed by atoms with E-state index in [1.165, 1.54) is 0 Å². The molecule has 2 N–H and O–H groups in total. The SMILES string of the molecule is CC(C)(C)CC(NC(=O)[C@@H]1C[C@@H]1C(=O)O)c1ccccc1. The number of carboxylic acids is 1. The Hall–Kier alpha value is -1.84. The lowest BCUT2D eigenvalue weighted by molar-refractivity contribution is -0.140. The van der Waals surface area contributed by atoms with Crippen LogP contribution < -0.4 is 5.32 Å². The summed E-state index contributed by atoms with van der Waals surface area (Å²) in [6.45, 7) is 6.39. The molecular formula is C17H23NO3. The Bertz CT molecular complexity index is 519. The van der Waals surface area contributed by atoms with Crippen molar-refractivity contribution in [3.63, 3.8) is 0 Å². The molecule has 21 heavy (non-hydrogen) atoms. The molecule has 114 valence electrons. The Kier molecular flexibility index (Phi) is 4.35. The zero-order valence-electron chi connectivity index (χ0n) is 12.8. The van der Waals surface area contributed by atoms with Gasteiger partial charge in [-0.05, 0) is 23.8 Å². The van der Waals surface area contributed by atoms with E-state index in [1.807, 2.05) is 30.3 Å². The van der Waals surface area contributed by atoms with E-state index in [1.54, 1.807) is 0 Å². The summed E-state index contributed by atoms with van der Waals surface area (Å²) in [4.78, 5) is 23.1. The van der Waals surface area contributed by atoms with E-state index in [-0.39, 0.29) is 23.3 Å². The summed E-state index contributed by atoms with van der Waals surface area (Å²) in [5.74, 6) is -1.88. The van der Waals surface area contributed by atoms with E-state index in [4.69, 9.17) is 5.11 Å². The Morgan fingerprint density at radius 1 is 1.24 bits per heavy atom. The molecule has 1 aliphatic carbocycles. The highest BCUT2D eigenvalue weighted by Gasteiger charge is 2.48. The van der Waals surface area contributed by atoms with Crippen LogP contribution >= 0.6 is 0 Å². The van der Waals surface area contributed by atoms with Gasteiger partial charge in [-0.25, -0.2) is 0 Å². The third-order valence-corrected chi connectivity index (χ3v) is 3.78. The first-order chi connectivity index (χ1) is 9.78. The molecule has 0 heterocycles. The summed E-state index contributed by atoms with van der Waals surface area (Å²) in [5, 5.41) is 12.0. The van der Waals surface area contributed by atoms with Crippen molar-refractivity contribution in [1.29, 1.82) is 0 Å². The molecule has 1 unspecified atom stereocenters. The van der Waals surface area contributed by atoms with Gasteiger partial charge in [-0.1, -0.05) is 51.1 Å². The fourth-order valence-corrected chi connectivity index (χ4v) is 2.59. The van der Waals surface area contributed by atoms with Gasteiger partial charge >= 0.3 is 5.97 Å². The standard InChI is InChI=1S/C17H23NO3/c1-17(2,3)10-14(11-7-5-4-6-8-11)18-15(19)12-9-13(12)16(20)21/h4-8,12-14H,9-10H2,1-3H3,(H,18,19)(H,20,21)/t12-,13+,14?/m1/s1. The van der Waals surface area contributed by atoms with Crippen molar-refractivity contribution in [1.82, 2.24) is 5.32 Å². The van der Waals surface area contributed by atoms with Crippen LogP contribution in [0.2, 0.25) is 0 Å². The molecule has 0 aromatic heterocycles. The second kappa shape index (κ2) is 5.88. The number of rotatable bonds is 5. The topological polar surface area (TPSA) is 66.4 Å². The maximum atomic E-state index is 12.2.